The van der Waals surface area contributed by atoms with E-state index in [2.05, 4.69) is 36.2 Å². The van der Waals surface area contributed by atoms with E-state index in [1.807, 2.05) is 42.5 Å². The molecule has 0 aliphatic carbocycles. The van der Waals surface area contributed by atoms with Crippen molar-refractivity contribution in [1.82, 2.24) is 5.43 Å². The summed E-state index contributed by atoms with van der Waals surface area (Å²) in [6, 6.07) is 13.1. The second kappa shape index (κ2) is 11.7. The minimum atomic E-state index is -0.251. The number of rotatable bonds is 11. The number of unbranched alkanes of at least 4 members (excludes halogenated alkanes) is 1. The number of ether oxygens (including phenoxy) is 2. The van der Waals surface area contributed by atoms with Gasteiger partial charge < -0.3 is 14.4 Å². The Hall–Kier alpha value is -3.02. The third-order valence-corrected chi connectivity index (χ3v) is 4.58. The molecule has 2 rings (SSSR count). The van der Waals surface area contributed by atoms with E-state index in [4.69, 9.17) is 9.47 Å². The molecule has 6 nitrogen and oxygen atoms in total. The topological polar surface area (TPSA) is 63.2 Å². The lowest BCUT2D eigenvalue weighted by atomic mass is 10.2. The van der Waals surface area contributed by atoms with Gasteiger partial charge in [-0.3, -0.25) is 4.79 Å². The molecule has 0 saturated carbocycles. The molecule has 0 radical (unpaired) electrons. The smallest absolute Gasteiger partial charge is 0.271 e. The number of benzene rings is 2. The highest BCUT2D eigenvalue weighted by atomic mass is 16.5. The van der Waals surface area contributed by atoms with Gasteiger partial charge in [-0.1, -0.05) is 13.3 Å². The first-order valence-corrected chi connectivity index (χ1v) is 10.1. The van der Waals surface area contributed by atoms with Crippen molar-refractivity contribution in [2.24, 2.45) is 5.10 Å². The van der Waals surface area contributed by atoms with E-state index < -0.39 is 0 Å². The van der Waals surface area contributed by atoms with Gasteiger partial charge in [-0.05, 0) is 68.3 Å². The van der Waals surface area contributed by atoms with Crippen LogP contribution in [0.25, 0.3) is 0 Å². The minimum absolute atomic E-state index is 0.251. The number of methoxy groups -OCH3 is 1. The molecule has 6 heteroatoms. The van der Waals surface area contributed by atoms with Gasteiger partial charge in [0.2, 0.25) is 0 Å². The van der Waals surface area contributed by atoms with E-state index in [0.29, 0.717) is 23.7 Å². The van der Waals surface area contributed by atoms with Gasteiger partial charge in [-0.15, -0.1) is 0 Å². The predicted molar refractivity (Wildman–Crippen MR) is 118 cm³/mol. The lowest BCUT2D eigenvalue weighted by Gasteiger charge is -2.20. The maximum Gasteiger partial charge on any atom is 0.271 e. The number of hydrogen-bond acceptors (Lipinski definition) is 5. The molecule has 0 aliphatic heterocycles. The molecule has 29 heavy (non-hydrogen) atoms. The molecule has 156 valence electrons. The zero-order valence-corrected chi connectivity index (χ0v) is 17.8. The van der Waals surface area contributed by atoms with Crippen LogP contribution in [0, 0.1) is 0 Å². The number of anilines is 1. The summed E-state index contributed by atoms with van der Waals surface area (Å²) in [5.74, 6) is 1.10. The Morgan fingerprint density at radius 2 is 1.79 bits per heavy atom. The van der Waals surface area contributed by atoms with Gasteiger partial charge in [-0.2, -0.15) is 5.10 Å². The molecule has 0 spiro atoms. The predicted octanol–water partition coefficient (Wildman–Crippen LogP) is 4.48. The maximum absolute atomic E-state index is 12.3. The second-order valence-corrected chi connectivity index (χ2v) is 6.53. The summed E-state index contributed by atoms with van der Waals surface area (Å²) in [7, 11) is 1.60. The van der Waals surface area contributed by atoms with Crippen LogP contribution in [0.5, 0.6) is 11.5 Å². The summed E-state index contributed by atoms with van der Waals surface area (Å²) in [6.45, 7) is 8.85. The summed E-state index contributed by atoms with van der Waals surface area (Å²) in [6.07, 6.45) is 3.65. The van der Waals surface area contributed by atoms with Crippen LogP contribution in [0.2, 0.25) is 0 Å². The van der Waals surface area contributed by atoms with Crippen molar-refractivity contribution in [3.05, 3.63) is 53.6 Å². The largest absolute Gasteiger partial charge is 0.493 e. The highest BCUT2D eigenvalue weighted by Crippen LogP contribution is 2.27. The van der Waals surface area contributed by atoms with Crippen molar-refractivity contribution < 1.29 is 14.3 Å². The third-order valence-electron chi connectivity index (χ3n) is 4.58. The van der Waals surface area contributed by atoms with E-state index in [9.17, 15) is 4.79 Å². The van der Waals surface area contributed by atoms with Gasteiger partial charge >= 0.3 is 0 Å². The van der Waals surface area contributed by atoms with Crippen LogP contribution >= 0.6 is 0 Å². The Bertz CT molecular complexity index is 800. The lowest BCUT2D eigenvalue weighted by Crippen LogP contribution is -2.22. The first kappa shape index (κ1) is 22.3. The molecule has 0 fully saturated rings. The fraction of sp³-hybridized carbons (Fsp3) is 0.391. The summed E-state index contributed by atoms with van der Waals surface area (Å²) >= 11 is 0. The van der Waals surface area contributed by atoms with Crippen molar-refractivity contribution in [2.75, 3.05) is 31.7 Å². The minimum Gasteiger partial charge on any atom is -0.493 e. The summed E-state index contributed by atoms with van der Waals surface area (Å²) in [5.41, 5.74) is 5.04. The van der Waals surface area contributed by atoms with Gasteiger partial charge in [0.1, 0.15) is 0 Å². The molecule has 0 bridgehead atoms. The molecule has 0 unspecified atom stereocenters. The molecule has 0 heterocycles. The summed E-state index contributed by atoms with van der Waals surface area (Å²) < 4.78 is 11.1. The van der Waals surface area contributed by atoms with Gasteiger partial charge in [-0.25, -0.2) is 5.43 Å². The number of nitrogens with one attached hydrogen (secondary N) is 1. The normalized spacial score (nSPS) is 10.8. The standard InChI is InChI=1S/C23H31N3O3/c1-5-8-15-29-21-14-9-18(16-22(21)28-4)17-24-25-23(27)19-10-12-20(13-11-19)26(6-2)7-3/h9-14,16-17H,5-8,15H2,1-4H3,(H,25,27)/b24-17-. The molecule has 2 aromatic carbocycles. The quantitative estimate of drug-likeness (QED) is 0.345. The molecular formula is C23H31N3O3. The molecule has 0 aliphatic rings. The summed E-state index contributed by atoms with van der Waals surface area (Å²) in [5, 5.41) is 4.06. The van der Waals surface area contributed by atoms with Crippen LogP contribution in [-0.4, -0.2) is 38.9 Å². The highest BCUT2D eigenvalue weighted by Gasteiger charge is 2.07. The number of amides is 1. The first-order valence-electron chi connectivity index (χ1n) is 10.1. The molecule has 0 aromatic heterocycles. The van der Waals surface area contributed by atoms with Crippen LogP contribution in [0.1, 0.15) is 49.5 Å². The van der Waals surface area contributed by atoms with Crippen LogP contribution in [0.4, 0.5) is 5.69 Å². The lowest BCUT2D eigenvalue weighted by molar-refractivity contribution is 0.0955. The Morgan fingerprint density at radius 1 is 1.07 bits per heavy atom. The fourth-order valence-electron chi connectivity index (χ4n) is 2.85. The first-order chi connectivity index (χ1) is 14.1. The average Bonchev–Trinajstić information content (AvgIpc) is 2.76. The number of carbonyl (C=O) groups is 1. The van der Waals surface area contributed by atoms with Gasteiger partial charge in [0, 0.05) is 24.3 Å². The van der Waals surface area contributed by atoms with Crippen molar-refractivity contribution >= 4 is 17.8 Å². The Kier molecular flexibility index (Phi) is 9.02. The third kappa shape index (κ3) is 6.52. The maximum atomic E-state index is 12.3. The zero-order chi connectivity index (χ0) is 21.1. The van der Waals surface area contributed by atoms with E-state index in [-0.39, 0.29) is 5.91 Å². The molecular weight excluding hydrogens is 366 g/mol. The van der Waals surface area contributed by atoms with Crippen molar-refractivity contribution in [1.29, 1.82) is 0 Å². The number of hydrogen-bond donors (Lipinski definition) is 1. The molecule has 2 aromatic rings. The average molecular weight is 398 g/mol. The monoisotopic (exact) mass is 397 g/mol. The Labute approximate surface area is 173 Å². The molecule has 0 atom stereocenters. The van der Waals surface area contributed by atoms with Crippen molar-refractivity contribution in [3.8, 4) is 11.5 Å². The Morgan fingerprint density at radius 3 is 2.41 bits per heavy atom. The van der Waals surface area contributed by atoms with E-state index >= 15 is 0 Å². The van der Waals surface area contributed by atoms with Crippen LogP contribution in [0.15, 0.2) is 47.6 Å². The van der Waals surface area contributed by atoms with Crippen LogP contribution in [0.3, 0.4) is 0 Å². The number of carbonyl (C=O) groups excluding carboxylic acids is 1. The highest BCUT2D eigenvalue weighted by molar-refractivity contribution is 5.95. The van der Waals surface area contributed by atoms with Crippen molar-refractivity contribution in [3.63, 3.8) is 0 Å². The summed E-state index contributed by atoms with van der Waals surface area (Å²) in [4.78, 5) is 14.5. The fourth-order valence-corrected chi connectivity index (χ4v) is 2.85. The van der Waals surface area contributed by atoms with Gasteiger partial charge in [0.25, 0.3) is 5.91 Å². The van der Waals surface area contributed by atoms with Crippen molar-refractivity contribution in [2.45, 2.75) is 33.6 Å². The Balaban J connectivity index is 1.97. The number of nitrogens with zero attached hydrogens (tertiary/aromatic N) is 2. The van der Waals surface area contributed by atoms with Gasteiger partial charge in [0.15, 0.2) is 11.5 Å². The van der Waals surface area contributed by atoms with E-state index in [0.717, 1.165) is 37.2 Å². The second-order valence-electron chi connectivity index (χ2n) is 6.53. The number of hydrazone groups is 1. The molecule has 0 saturated heterocycles. The van der Waals surface area contributed by atoms with Gasteiger partial charge in [0.05, 0.1) is 19.9 Å². The van der Waals surface area contributed by atoms with Crippen LogP contribution < -0.4 is 19.8 Å². The van der Waals surface area contributed by atoms with E-state index in [1.165, 1.54) is 0 Å². The zero-order valence-electron chi connectivity index (χ0n) is 17.8. The SMILES string of the molecule is CCCCOc1ccc(/C=N\NC(=O)c2ccc(N(CC)CC)cc2)cc1OC. The van der Waals surface area contributed by atoms with Crippen LogP contribution in [-0.2, 0) is 0 Å². The van der Waals surface area contributed by atoms with E-state index in [1.54, 1.807) is 13.3 Å². The molecule has 1 N–H and O–H groups in total. The molecule has 1 amide bonds.